The Labute approximate surface area is 326 Å². The summed E-state index contributed by atoms with van der Waals surface area (Å²) in [6.45, 7) is 0.116. The molecule has 25 nitrogen and oxygen atoms in total. The minimum absolute atomic E-state index is 0. The predicted octanol–water partition coefficient (Wildman–Crippen LogP) is -12.3. The normalized spacial score (nSPS) is 45.4. The van der Waals surface area contributed by atoms with E-state index in [9.17, 15) is 80.5 Å². The van der Waals surface area contributed by atoms with Crippen LogP contribution < -0.4 is 40.2 Å². The Kier molecular flexibility index (Phi) is 16.9. The monoisotopic (exact) mass is 799 g/mol. The molecule has 0 radical (unpaired) electrons. The van der Waals surface area contributed by atoms with Crippen LogP contribution >= 0.6 is 0 Å². The van der Waals surface area contributed by atoms with Gasteiger partial charge in [-0.2, -0.15) is 0 Å². The van der Waals surface area contributed by atoms with Crippen molar-refractivity contribution in [3.05, 3.63) is 0 Å². The summed E-state index contributed by atoms with van der Waals surface area (Å²) in [5.41, 5.74) is 0. The largest absolute Gasteiger partial charge is 1.00 e. The molecule has 54 heavy (non-hydrogen) atoms. The van der Waals surface area contributed by atoms with Crippen LogP contribution in [0.2, 0.25) is 0 Å². The Morgan fingerprint density at radius 2 is 0.944 bits per heavy atom. The van der Waals surface area contributed by atoms with Gasteiger partial charge in [0, 0.05) is 13.8 Å². The summed E-state index contributed by atoms with van der Waals surface area (Å²) in [7, 11) is 0. The van der Waals surface area contributed by atoms with E-state index in [4.69, 9.17) is 33.2 Å². The molecule has 304 valence electrons. The third-order valence-electron chi connectivity index (χ3n) is 8.94. The molecule has 4 aliphatic rings. The molecular weight excluding hydrogens is 755 g/mol. The van der Waals surface area contributed by atoms with Crippen LogP contribution in [0.3, 0.4) is 0 Å². The molecule has 4 fully saturated rings. The Bertz CT molecular complexity index is 1300. The standard InChI is InChI=1S/C28H44N2O23.Na/c1-5(33)29-9-18(11(35)7(3-31)47-25(9)46)49-28-17(41)15(39)20(22(53-28)24(44)45)51-26-10(30-6(2)34)19(12(36)8(4-32)48-26)50-27-16(40)13(37)14(38)21(52-27)23(42)43;/h7-22,25-28,31-32,35-41,46H,3-4H2,1-2H3,(H,29,33)(H,30,34)(H,42,43)(H,44,45);/q;+1. The number of rotatable bonds is 12. The molecule has 26 heteroatoms. The molecule has 4 saturated heterocycles. The van der Waals surface area contributed by atoms with Crippen LogP contribution in [0.1, 0.15) is 13.8 Å². The van der Waals surface area contributed by atoms with E-state index < -0.39 is 160 Å². The number of hydrogen-bond acceptors (Lipinski definition) is 21. The van der Waals surface area contributed by atoms with Gasteiger partial charge >= 0.3 is 41.5 Å². The number of ether oxygens (including phenoxy) is 7. The summed E-state index contributed by atoms with van der Waals surface area (Å²) in [6.07, 6.45) is -36.5. The summed E-state index contributed by atoms with van der Waals surface area (Å²) < 4.78 is 38.0. The minimum Gasteiger partial charge on any atom is -0.479 e. The van der Waals surface area contributed by atoms with E-state index in [0.717, 1.165) is 13.8 Å². The zero-order valence-corrected chi connectivity index (χ0v) is 30.8. The van der Waals surface area contributed by atoms with Crippen LogP contribution in [0.15, 0.2) is 0 Å². The van der Waals surface area contributed by atoms with Crippen molar-refractivity contribution in [3.63, 3.8) is 0 Å². The number of amides is 2. The van der Waals surface area contributed by atoms with Gasteiger partial charge in [-0.15, -0.1) is 0 Å². The van der Waals surface area contributed by atoms with Crippen LogP contribution in [-0.4, -0.2) is 221 Å². The maximum absolute atomic E-state index is 12.5. The Hall–Kier alpha value is -1.80. The van der Waals surface area contributed by atoms with Crippen molar-refractivity contribution in [3.8, 4) is 0 Å². The fourth-order valence-electron chi connectivity index (χ4n) is 6.30. The molecule has 0 aromatic carbocycles. The maximum atomic E-state index is 12.5. The number of aliphatic hydroxyl groups is 10. The van der Waals surface area contributed by atoms with Gasteiger partial charge in [0.15, 0.2) is 37.4 Å². The number of carbonyl (C=O) groups is 4. The van der Waals surface area contributed by atoms with Crippen molar-refractivity contribution < 1.29 is 143 Å². The van der Waals surface area contributed by atoms with Gasteiger partial charge < -0.3 is 105 Å². The van der Waals surface area contributed by atoms with E-state index in [1.807, 2.05) is 0 Å². The van der Waals surface area contributed by atoms with E-state index in [0.29, 0.717) is 0 Å². The molecule has 0 saturated carbocycles. The molecule has 0 spiro atoms. The van der Waals surface area contributed by atoms with E-state index in [1.54, 1.807) is 0 Å². The van der Waals surface area contributed by atoms with Crippen molar-refractivity contribution in [2.45, 2.75) is 137 Å². The van der Waals surface area contributed by atoms with Crippen molar-refractivity contribution in [1.82, 2.24) is 10.6 Å². The van der Waals surface area contributed by atoms with Gasteiger partial charge in [-0.25, -0.2) is 9.59 Å². The Morgan fingerprint density at radius 3 is 1.43 bits per heavy atom. The predicted molar refractivity (Wildman–Crippen MR) is 158 cm³/mol. The fourth-order valence-corrected chi connectivity index (χ4v) is 6.30. The molecule has 4 aliphatic heterocycles. The van der Waals surface area contributed by atoms with Gasteiger partial charge in [0.25, 0.3) is 0 Å². The molecule has 14 N–H and O–H groups in total. The summed E-state index contributed by atoms with van der Waals surface area (Å²) in [5.74, 6) is -5.28. The molecule has 4 heterocycles. The molecule has 4 rings (SSSR count). The van der Waals surface area contributed by atoms with Gasteiger partial charge in [0.1, 0.15) is 85.3 Å². The Morgan fingerprint density at radius 1 is 0.519 bits per heavy atom. The average molecular weight is 800 g/mol. The van der Waals surface area contributed by atoms with Crippen LogP contribution in [-0.2, 0) is 52.3 Å². The SMILES string of the molecule is CC(=O)NC1C(O)OC(CO)C(O)C1OC1OC(C(=O)O)C(OC2OC(CO)C(O)C(OC3OC(C(=O)O)C(O)C(O)C3O)C2NC(C)=O)C(O)C1O.[Na+]. The summed E-state index contributed by atoms with van der Waals surface area (Å²) in [5, 5.41) is 129. The topological polar surface area (TPSA) is 400 Å². The third kappa shape index (κ3) is 10.0. The smallest absolute Gasteiger partial charge is 0.479 e. The van der Waals surface area contributed by atoms with Crippen molar-refractivity contribution >= 4 is 23.8 Å². The van der Waals surface area contributed by atoms with E-state index in [1.165, 1.54) is 0 Å². The van der Waals surface area contributed by atoms with Gasteiger partial charge in [-0.05, 0) is 0 Å². The van der Waals surface area contributed by atoms with E-state index >= 15 is 0 Å². The summed E-state index contributed by atoms with van der Waals surface area (Å²) in [6, 6.07) is -3.38. The molecular formula is C28H44N2NaO23+. The summed E-state index contributed by atoms with van der Waals surface area (Å²) in [4.78, 5) is 48.2. The molecule has 20 unspecified atom stereocenters. The first kappa shape index (κ1) is 46.6. The van der Waals surface area contributed by atoms with Crippen LogP contribution in [0.5, 0.6) is 0 Å². The first-order valence-corrected chi connectivity index (χ1v) is 16.1. The second-order valence-corrected chi connectivity index (χ2v) is 12.7. The van der Waals surface area contributed by atoms with Gasteiger partial charge in [-0.1, -0.05) is 0 Å². The average Bonchev–Trinajstić information content (AvgIpc) is 3.08. The van der Waals surface area contributed by atoms with Crippen molar-refractivity contribution in [2.24, 2.45) is 0 Å². The third-order valence-corrected chi connectivity index (χ3v) is 8.94. The number of carboxylic acid groups (broad SMARTS) is 2. The molecule has 0 aliphatic carbocycles. The van der Waals surface area contributed by atoms with Crippen LogP contribution in [0.25, 0.3) is 0 Å². The quantitative estimate of drug-likeness (QED) is 0.0815. The summed E-state index contributed by atoms with van der Waals surface area (Å²) >= 11 is 0. The number of hydrogen-bond donors (Lipinski definition) is 14. The second-order valence-electron chi connectivity index (χ2n) is 12.7. The van der Waals surface area contributed by atoms with Gasteiger partial charge in [0.05, 0.1) is 13.2 Å². The Balaban J connectivity index is 0.00000784. The molecule has 0 bridgehead atoms. The second kappa shape index (κ2) is 19.6. The maximum Gasteiger partial charge on any atom is 1.00 e. The zero-order valence-electron chi connectivity index (χ0n) is 28.8. The number of aliphatic hydroxyl groups excluding tert-OH is 10. The first-order valence-electron chi connectivity index (χ1n) is 16.1. The van der Waals surface area contributed by atoms with Crippen LogP contribution in [0, 0.1) is 0 Å². The minimum atomic E-state index is -2.30. The van der Waals surface area contributed by atoms with Gasteiger partial charge in [0.2, 0.25) is 11.8 Å². The number of carbonyl (C=O) groups excluding carboxylic acids is 2. The number of nitrogens with one attached hydrogen (secondary N) is 2. The van der Waals surface area contributed by atoms with E-state index in [-0.39, 0.29) is 29.6 Å². The van der Waals surface area contributed by atoms with Gasteiger partial charge in [-0.3, -0.25) is 9.59 Å². The molecule has 0 aromatic heterocycles. The van der Waals surface area contributed by atoms with Crippen molar-refractivity contribution in [1.29, 1.82) is 0 Å². The van der Waals surface area contributed by atoms with Crippen LogP contribution in [0.4, 0.5) is 0 Å². The number of aliphatic carboxylic acids is 2. The molecule has 20 atom stereocenters. The first-order chi connectivity index (χ1) is 24.8. The molecule has 2 amide bonds. The number of carboxylic acids is 2. The molecule has 0 aromatic rings. The fraction of sp³-hybridized carbons (Fsp3) is 0.857. The van der Waals surface area contributed by atoms with E-state index in [2.05, 4.69) is 10.6 Å². The van der Waals surface area contributed by atoms with Crippen molar-refractivity contribution in [2.75, 3.05) is 13.2 Å². The zero-order chi connectivity index (χ0) is 39.6.